The number of carbonyl (C=O) groups excluding carboxylic acids is 1. The molecule has 0 aromatic heterocycles. The van der Waals surface area contributed by atoms with Gasteiger partial charge >= 0.3 is 0 Å². The highest BCUT2D eigenvalue weighted by atomic mass is 32.2. The fourth-order valence-electron chi connectivity index (χ4n) is 2.42. The zero-order valence-electron chi connectivity index (χ0n) is 13.6. The molecule has 0 fully saturated rings. The van der Waals surface area contributed by atoms with Crippen molar-refractivity contribution < 1.29 is 22.9 Å². The lowest BCUT2D eigenvalue weighted by atomic mass is 10.1. The van der Waals surface area contributed by atoms with Gasteiger partial charge in [-0.05, 0) is 61.5 Å². The highest BCUT2D eigenvalue weighted by molar-refractivity contribution is 7.85. The molecule has 0 aliphatic carbocycles. The molecule has 0 saturated carbocycles. The Morgan fingerprint density at radius 2 is 1.62 bits per heavy atom. The summed E-state index contributed by atoms with van der Waals surface area (Å²) in [6.07, 6.45) is 0. The van der Waals surface area contributed by atoms with Gasteiger partial charge in [0.2, 0.25) is 0 Å². The molecule has 26 heavy (non-hydrogen) atoms. The van der Waals surface area contributed by atoms with Crippen LogP contribution in [0, 0.1) is 0 Å². The molecule has 0 aliphatic rings. The molecule has 2 N–H and O–H groups in total. The van der Waals surface area contributed by atoms with Crippen LogP contribution in [-0.4, -0.2) is 23.9 Å². The summed E-state index contributed by atoms with van der Waals surface area (Å²) in [6, 6.07) is 13.2. The lowest BCUT2D eigenvalue weighted by Gasteiger charge is -2.06. The smallest absolute Gasteiger partial charge is 0.294 e. The quantitative estimate of drug-likeness (QED) is 0.401. The van der Waals surface area contributed by atoms with Crippen molar-refractivity contribution in [1.82, 2.24) is 0 Å². The van der Waals surface area contributed by atoms with Crippen LogP contribution in [0.25, 0.3) is 10.8 Å². The Hall–Kier alpha value is -3.10. The van der Waals surface area contributed by atoms with Gasteiger partial charge < -0.3 is 5.11 Å². The summed E-state index contributed by atoms with van der Waals surface area (Å²) < 4.78 is 31.9. The van der Waals surface area contributed by atoms with E-state index in [0.29, 0.717) is 27.7 Å². The normalized spacial score (nSPS) is 11.9. The first-order valence-corrected chi connectivity index (χ1v) is 8.96. The Bertz CT molecular complexity index is 1140. The maximum absolute atomic E-state index is 11.4. The van der Waals surface area contributed by atoms with Crippen molar-refractivity contribution in [2.24, 2.45) is 10.2 Å². The number of nitrogens with zero attached hydrogens (tertiary/aromatic N) is 2. The molecule has 0 aliphatic heterocycles. The highest BCUT2D eigenvalue weighted by Gasteiger charge is 2.13. The number of Topliss-reactive ketones (excluding diaryl/α,β-unsaturated/α-hetero) is 1. The maximum Gasteiger partial charge on any atom is 0.294 e. The zero-order chi connectivity index (χ0) is 18.9. The van der Waals surface area contributed by atoms with Gasteiger partial charge in [-0.15, -0.1) is 5.11 Å². The number of benzene rings is 3. The van der Waals surface area contributed by atoms with E-state index in [1.54, 1.807) is 24.3 Å². The maximum atomic E-state index is 11.4. The zero-order valence-corrected chi connectivity index (χ0v) is 14.4. The first kappa shape index (κ1) is 17.7. The average molecular weight is 370 g/mol. The predicted molar refractivity (Wildman–Crippen MR) is 96.0 cm³/mol. The molecule has 3 aromatic rings. The standard InChI is InChI=1S/C18H14N2O5S/c1-11(21)12-2-4-13(5-3-12)19-20-17-8-9-18(22)15-7-6-14(10-16(15)17)26(23,24)25/h2-10,22H,1H3,(H,23,24,25). The lowest BCUT2D eigenvalue weighted by Crippen LogP contribution is -1.97. The first-order chi connectivity index (χ1) is 12.3. The van der Waals surface area contributed by atoms with Gasteiger partial charge in [-0.2, -0.15) is 13.5 Å². The van der Waals surface area contributed by atoms with Crippen LogP contribution in [0.3, 0.4) is 0 Å². The Balaban J connectivity index is 2.06. The summed E-state index contributed by atoms with van der Waals surface area (Å²) in [6.45, 7) is 1.46. The van der Waals surface area contributed by atoms with Crippen molar-refractivity contribution in [2.75, 3.05) is 0 Å². The van der Waals surface area contributed by atoms with E-state index in [1.165, 1.54) is 37.3 Å². The van der Waals surface area contributed by atoms with Crippen LogP contribution in [0.1, 0.15) is 17.3 Å². The van der Waals surface area contributed by atoms with Crippen LogP contribution in [-0.2, 0) is 10.1 Å². The largest absolute Gasteiger partial charge is 0.507 e. The number of hydrogen-bond donors (Lipinski definition) is 2. The molecule has 132 valence electrons. The van der Waals surface area contributed by atoms with Gasteiger partial charge in [0.25, 0.3) is 10.1 Å². The molecule has 0 bridgehead atoms. The molecule has 7 nitrogen and oxygen atoms in total. The van der Waals surface area contributed by atoms with Crippen LogP contribution in [0.4, 0.5) is 11.4 Å². The molecule has 8 heteroatoms. The summed E-state index contributed by atoms with van der Waals surface area (Å²) in [4.78, 5) is 11.0. The minimum atomic E-state index is -4.39. The fraction of sp³-hybridized carbons (Fsp3) is 0.0556. The third kappa shape index (κ3) is 3.61. The third-order valence-electron chi connectivity index (χ3n) is 3.79. The molecule has 0 saturated heterocycles. The minimum absolute atomic E-state index is 0.0494. The van der Waals surface area contributed by atoms with E-state index in [4.69, 9.17) is 0 Å². The van der Waals surface area contributed by atoms with Crippen LogP contribution in [0.2, 0.25) is 0 Å². The molecule has 3 rings (SSSR count). The summed E-state index contributed by atoms with van der Waals surface area (Å²) in [5, 5.41) is 18.8. The van der Waals surface area contributed by atoms with Gasteiger partial charge in [-0.25, -0.2) is 0 Å². The lowest BCUT2D eigenvalue weighted by molar-refractivity contribution is 0.101. The third-order valence-corrected chi connectivity index (χ3v) is 4.64. The van der Waals surface area contributed by atoms with E-state index in [9.17, 15) is 22.9 Å². The minimum Gasteiger partial charge on any atom is -0.507 e. The summed E-state index contributed by atoms with van der Waals surface area (Å²) in [5.41, 5.74) is 1.37. The summed E-state index contributed by atoms with van der Waals surface area (Å²) in [7, 11) is -4.39. The number of rotatable bonds is 4. The number of phenolic OH excluding ortho intramolecular Hbond substituents is 1. The molecule has 0 atom stereocenters. The van der Waals surface area contributed by atoms with E-state index in [-0.39, 0.29) is 16.4 Å². The second kappa shape index (κ2) is 6.66. The van der Waals surface area contributed by atoms with E-state index < -0.39 is 10.1 Å². The van der Waals surface area contributed by atoms with Crippen molar-refractivity contribution in [2.45, 2.75) is 11.8 Å². The molecular formula is C18H14N2O5S. The SMILES string of the molecule is CC(=O)c1ccc(N=Nc2ccc(O)c3ccc(S(=O)(=O)O)cc23)cc1. The van der Waals surface area contributed by atoms with Gasteiger partial charge in [-0.3, -0.25) is 9.35 Å². The molecule has 3 aromatic carbocycles. The fourth-order valence-corrected chi connectivity index (χ4v) is 2.92. The monoisotopic (exact) mass is 370 g/mol. The van der Waals surface area contributed by atoms with Crippen molar-refractivity contribution in [3.8, 4) is 5.75 Å². The van der Waals surface area contributed by atoms with Gasteiger partial charge in [0.15, 0.2) is 5.78 Å². The highest BCUT2D eigenvalue weighted by Crippen LogP contribution is 2.35. The summed E-state index contributed by atoms with van der Waals surface area (Å²) >= 11 is 0. The molecule has 0 radical (unpaired) electrons. The van der Waals surface area contributed by atoms with Gasteiger partial charge in [0, 0.05) is 16.3 Å². The van der Waals surface area contributed by atoms with Crippen molar-refractivity contribution in [3.05, 3.63) is 60.2 Å². The average Bonchev–Trinajstić information content (AvgIpc) is 2.60. The van der Waals surface area contributed by atoms with Crippen molar-refractivity contribution in [3.63, 3.8) is 0 Å². The van der Waals surface area contributed by atoms with Crippen LogP contribution in [0.5, 0.6) is 5.75 Å². The molecule has 0 heterocycles. The van der Waals surface area contributed by atoms with E-state index >= 15 is 0 Å². The van der Waals surface area contributed by atoms with Gasteiger partial charge in [-0.1, -0.05) is 0 Å². The second-order valence-electron chi connectivity index (χ2n) is 5.59. The Labute approximate surface area is 149 Å². The number of ketones is 1. The molecule has 0 spiro atoms. The summed E-state index contributed by atoms with van der Waals surface area (Å²) in [5.74, 6) is -0.109. The van der Waals surface area contributed by atoms with Crippen LogP contribution < -0.4 is 0 Å². The molecular weight excluding hydrogens is 356 g/mol. The number of carbonyl (C=O) groups is 1. The predicted octanol–water partition coefficient (Wildman–Crippen LogP) is 4.41. The Morgan fingerprint density at radius 3 is 2.23 bits per heavy atom. The Morgan fingerprint density at radius 1 is 0.923 bits per heavy atom. The molecule has 0 unspecified atom stereocenters. The van der Waals surface area contributed by atoms with Crippen LogP contribution >= 0.6 is 0 Å². The van der Waals surface area contributed by atoms with Gasteiger partial charge in [0.1, 0.15) is 5.75 Å². The second-order valence-corrected chi connectivity index (χ2v) is 7.01. The van der Waals surface area contributed by atoms with Crippen molar-refractivity contribution in [1.29, 1.82) is 0 Å². The Kier molecular flexibility index (Phi) is 4.54. The first-order valence-electron chi connectivity index (χ1n) is 7.52. The van der Waals surface area contributed by atoms with E-state index in [1.807, 2.05) is 0 Å². The van der Waals surface area contributed by atoms with E-state index in [2.05, 4.69) is 10.2 Å². The number of hydrogen-bond acceptors (Lipinski definition) is 6. The number of fused-ring (bicyclic) bond motifs is 1. The number of aromatic hydroxyl groups is 1. The topological polar surface area (TPSA) is 116 Å². The van der Waals surface area contributed by atoms with E-state index in [0.717, 1.165) is 0 Å². The van der Waals surface area contributed by atoms with Crippen LogP contribution in [0.15, 0.2) is 69.7 Å². The number of phenols is 1. The molecule has 0 amide bonds. The number of azo groups is 1. The van der Waals surface area contributed by atoms with Crippen molar-refractivity contribution >= 4 is 38.0 Å². The van der Waals surface area contributed by atoms with Gasteiger partial charge in [0.05, 0.1) is 16.3 Å².